The van der Waals surface area contributed by atoms with E-state index in [9.17, 15) is 4.79 Å². The summed E-state index contributed by atoms with van der Waals surface area (Å²) < 4.78 is 0. The molecule has 2 aliphatic rings. The van der Waals surface area contributed by atoms with E-state index < -0.39 is 0 Å². The molecule has 2 aliphatic heterocycles. The zero-order chi connectivity index (χ0) is 13.3. The summed E-state index contributed by atoms with van der Waals surface area (Å²) in [6, 6.07) is 2.10. The van der Waals surface area contributed by atoms with Gasteiger partial charge in [-0.15, -0.1) is 0 Å². The van der Waals surface area contributed by atoms with Crippen molar-refractivity contribution in [1.82, 2.24) is 14.7 Å². The van der Waals surface area contributed by atoms with E-state index in [4.69, 9.17) is 0 Å². The second-order valence-corrected chi connectivity index (χ2v) is 6.22. The molecule has 104 valence electrons. The van der Waals surface area contributed by atoms with E-state index in [0.29, 0.717) is 12.5 Å². The fourth-order valence-electron chi connectivity index (χ4n) is 3.53. The molecule has 0 aromatic rings. The number of carbonyl (C=O) groups excluding carboxylic acids is 1. The quantitative estimate of drug-likeness (QED) is 0.748. The number of rotatable bonds is 4. The Labute approximate surface area is 111 Å². The van der Waals surface area contributed by atoms with Crippen LogP contribution in [0.5, 0.6) is 0 Å². The van der Waals surface area contributed by atoms with E-state index in [1.165, 1.54) is 12.8 Å². The van der Waals surface area contributed by atoms with Gasteiger partial charge in [-0.05, 0) is 26.7 Å². The summed E-state index contributed by atoms with van der Waals surface area (Å²) in [5.41, 5.74) is 0. The van der Waals surface area contributed by atoms with Crippen molar-refractivity contribution in [1.29, 1.82) is 0 Å². The van der Waals surface area contributed by atoms with Crippen LogP contribution in [0.15, 0.2) is 0 Å². The van der Waals surface area contributed by atoms with E-state index in [1.54, 1.807) is 4.90 Å². The number of carbonyl (C=O) groups is 1. The number of fused-ring (bicyclic) bond motifs is 2. The minimum atomic E-state index is 0.244. The first kappa shape index (κ1) is 13.8. The highest BCUT2D eigenvalue weighted by molar-refractivity contribution is 5.75. The minimum Gasteiger partial charge on any atom is -0.349 e. The van der Waals surface area contributed by atoms with Gasteiger partial charge in [0.1, 0.15) is 0 Å². The average molecular weight is 253 g/mol. The van der Waals surface area contributed by atoms with Gasteiger partial charge in [0, 0.05) is 58.3 Å². The summed E-state index contributed by atoms with van der Waals surface area (Å²) in [5.74, 6) is 0.244. The summed E-state index contributed by atoms with van der Waals surface area (Å²) >= 11 is 0. The smallest absolute Gasteiger partial charge is 0.223 e. The van der Waals surface area contributed by atoms with Crippen molar-refractivity contribution in [2.24, 2.45) is 0 Å². The van der Waals surface area contributed by atoms with Crippen LogP contribution in [0.2, 0.25) is 0 Å². The van der Waals surface area contributed by atoms with Crippen LogP contribution in [-0.2, 0) is 4.79 Å². The molecule has 0 radical (unpaired) electrons. The molecule has 2 saturated heterocycles. The summed E-state index contributed by atoms with van der Waals surface area (Å²) in [6.07, 6.45) is 3.33. The van der Waals surface area contributed by atoms with Gasteiger partial charge in [0.2, 0.25) is 5.91 Å². The van der Waals surface area contributed by atoms with Gasteiger partial charge in [0.15, 0.2) is 0 Å². The fourth-order valence-corrected chi connectivity index (χ4v) is 3.53. The lowest BCUT2D eigenvalue weighted by Gasteiger charge is -2.43. The Balaban J connectivity index is 1.84. The van der Waals surface area contributed by atoms with Crippen LogP contribution >= 0.6 is 0 Å². The molecular formula is C14H27N3O. The van der Waals surface area contributed by atoms with E-state index in [-0.39, 0.29) is 5.91 Å². The third-order valence-corrected chi connectivity index (χ3v) is 4.35. The fraction of sp³-hybridized carbons (Fsp3) is 0.929. The number of amides is 1. The van der Waals surface area contributed by atoms with Crippen molar-refractivity contribution in [3.8, 4) is 0 Å². The third kappa shape index (κ3) is 2.86. The summed E-state index contributed by atoms with van der Waals surface area (Å²) in [6.45, 7) is 7.83. The second kappa shape index (κ2) is 5.57. The molecule has 0 aromatic carbocycles. The number of likely N-dealkylation sites (tertiary alicyclic amines) is 1. The second-order valence-electron chi connectivity index (χ2n) is 6.22. The van der Waals surface area contributed by atoms with Crippen molar-refractivity contribution in [3.05, 3.63) is 0 Å². The number of nitrogens with zero attached hydrogens (tertiary/aromatic N) is 3. The summed E-state index contributed by atoms with van der Waals surface area (Å²) in [7, 11) is 3.67. The Morgan fingerprint density at radius 1 is 1.22 bits per heavy atom. The molecule has 0 aliphatic carbocycles. The molecule has 4 heteroatoms. The molecule has 2 atom stereocenters. The van der Waals surface area contributed by atoms with E-state index in [0.717, 1.165) is 31.7 Å². The zero-order valence-corrected chi connectivity index (χ0v) is 12.2. The number of piperazine rings is 1. The van der Waals surface area contributed by atoms with Gasteiger partial charge in [0.25, 0.3) is 0 Å². The standard InChI is InChI=1S/C14H27N3O/c1-11(2)17-12-5-6-13(17)10-16(9-12)8-7-14(18)15(3)4/h11-13H,5-10H2,1-4H3. The van der Waals surface area contributed by atoms with Gasteiger partial charge < -0.3 is 4.90 Å². The predicted molar refractivity (Wildman–Crippen MR) is 73.5 cm³/mol. The first-order valence-electron chi connectivity index (χ1n) is 7.19. The Morgan fingerprint density at radius 2 is 1.78 bits per heavy atom. The SMILES string of the molecule is CC(C)N1C2CCC1CN(CCC(=O)N(C)C)C2. The van der Waals surface area contributed by atoms with E-state index >= 15 is 0 Å². The molecule has 0 saturated carbocycles. The van der Waals surface area contributed by atoms with Crippen LogP contribution in [0.1, 0.15) is 33.1 Å². The highest BCUT2D eigenvalue weighted by atomic mass is 16.2. The molecule has 2 bridgehead atoms. The maximum absolute atomic E-state index is 11.6. The van der Waals surface area contributed by atoms with Crippen molar-refractivity contribution in [2.45, 2.75) is 51.2 Å². The lowest BCUT2D eigenvalue weighted by atomic mass is 10.1. The largest absolute Gasteiger partial charge is 0.349 e. The molecule has 0 spiro atoms. The molecule has 18 heavy (non-hydrogen) atoms. The lowest BCUT2D eigenvalue weighted by molar-refractivity contribution is -0.129. The highest BCUT2D eigenvalue weighted by Crippen LogP contribution is 2.31. The zero-order valence-electron chi connectivity index (χ0n) is 12.2. The molecule has 2 heterocycles. The Kier molecular flexibility index (Phi) is 4.28. The van der Waals surface area contributed by atoms with Crippen LogP contribution in [0.4, 0.5) is 0 Å². The normalized spacial score (nSPS) is 28.9. The monoisotopic (exact) mass is 253 g/mol. The molecule has 1 amide bonds. The molecule has 2 fully saturated rings. The number of hydrogen-bond donors (Lipinski definition) is 0. The van der Waals surface area contributed by atoms with Crippen LogP contribution in [0.25, 0.3) is 0 Å². The first-order valence-corrected chi connectivity index (χ1v) is 7.19. The van der Waals surface area contributed by atoms with E-state index in [1.807, 2.05) is 14.1 Å². The molecular weight excluding hydrogens is 226 g/mol. The minimum absolute atomic E-state index is 0.244. The van der Waals surface area contributed by atoms with Gasteiger partial charge in [-0.25, -0.2) is 0 Å². The van der Waals surface area contributed by atoms with Crippen molar-refractivity contribution in [2.75, 3.05) is 33.7 Å². The van der Waals surface area contributed by atoms with Crippen molar-refractivity contribution < 1.29 is 4.79 Å². The maximum atomic E-state index is 11.6. The van der Waals surface area contributed by atoms with Crippen molar-refractivity contribution >= 4 is 5.91 Å². The van der Waals surface area contributed by atoms with Crippen LogP contribution < -0.4 is 0 Å². The molecule has 2 rings (SSSR count). The van der Waals surface area contributed by atoms with E-state index in [2.05, 4.69) is 23.6 Å². The molecule has 4 nitrogen and oxygen atoms in total. The van der Waals surface area contributed by atoms with Crippen molar-refractivity contribution in [3.63, 3.8) is 0 Å². The van der Waals surface area contributed by atoms with Crippen LogP contribution in [0.3, 0.4) is 0 Å². The topological polar surface area (TPSA) is 26.8 Å². The van der Waals surface area contributed by atoms with Gasteiger partial charge in [0.05, 0.1) is 0 Å². The Morgan fingerprint density at radius 3 is 2.22 bits per heavy atom. The first-order chi connectivity index (χ1) is 8.49. The third-order valence-electron chi connectivity index (χ3n) is 4.35. The van der Waals surface area contributed by atoms with Gasteiger partial charge in [-0.1, -0.05) is 0 Å². The highest BCUT2D eigenvalue weighted by Gasteiger charge is 2.40. The molecule has 0 N–H and O–H groups in total. The maximum Gasteiger partial charge on any atom is 0.223 e. The molecule has 0 aromatic heterocycles. The average Bonchev–Trinajstić information content (AvgIpc) is 2.58. The summed E-state index contributed by atoms with van der Waals surface area (Å²) in [4.78, 5) is 18.5. The number of hydrogen-bond acceptors (Lipinski definition) is 3. The van der Waals surface area contributed by atoms with Gasteiger partial charge in [-0.3, -0.25) is 14.6 Å². The van der Waals surface area contributed by atoms with Crippen LogP contribution in [0, 0.1) is 0 Å². The van der Waals surface area contributed by atoms with Gasteiger partial charge >= 0.3 is 0 Å². The molecule has 2 unspecified atom stereocenters. The van der Waals surface area contributed by atoms with Gasteiger partial charge in [-0.2, -0.15) is 0 Å². The lowest BCUT2D eigenvalue weighted by Crippen LogP contribution is -2.56. The Hall–Kier alpha value is -0.610. The Bertz CT molecular complexity index is 289. The summed E-state index contributed by atoms with van der Waals surface area (Å²) in [5, 5.41) is 0. The predicted octanol–water partition coefficient (Wildman–Crippen LogP) is 1.02. The van der Waals surface area contributed by atoms with Crippen LogP contribution in [-0.4, -0.2) is 72.5 Å².